The fraction of sp³-hybridized carbons (Fsp3) is 0.800. The first kappa shape index (κ1) is 12.4. The van der Waals surface area contributed by atoms with Gasteiger partial charge in [0.05, 0.1) is 26.4 Å². The van der Waals surface area contributed by atoms with Crippen LogP contribution in [-0.4, -0.2) is 43.7 Å². The quantitative estimate of drug-likeness (QED) is 0.794. The van der Waals surface area contributed by atoms with Gasteiger partial charge in [0.2, 0.25) is 0 Å². The number of hydrogen-bond donors (Lipinski definition) is 1. The van der Waals surface area contributed by atoms with Crippen molar-refractivity contribution < 1.29 is 18.7 Å². The third kappa shape index (κ3) is 2.81. The van der Waals surface area contributed by atoms with E-state index in [1.165, 1.54) is 0 Å². The van der Waals surface area contributed by atoms with Crippen LogP contribution in [0.4, 0.5) is 0 Å². The van der Waals surface area contributed by atoms with Gasteiger partial charge in [0.25, 0.3) is 5.89 Å². The normalized spacial score (nSPS) is 24.5. The fourth-order valence-electron chi connectivity index (χ4n) is 1.59. The number of nitrogens with zero attached hydrogens (tertiary/aromatic N) is 2. The van der Waals surface area contributed by atoms with Crippen molar-refractivity contribution in [2.75, 3.05) is 33.5 Å². The monoisotopic (exact) mass is 243 g/mol. The standard InChI is InChI=1S/C10H17N3O4/c1-10(11,6-14-2)9-12-8(17-13-9)7-5-15-3-4-16-7/h7H,3-6,11H2,1-2H3. The van der Waals surface area contributed by atoms with Crippen molar-refractivity contribution >= 4 is 0 Å². The van der Waals surface area contributed by atoms with E-state index in [4.69, 9.17) is 24.5 Å². The summed E-state index contributed by atoms with van der Waals surface area (Å²) in [6, 6.07) is 0. The lowest BCUT2D eigenvalue weighted by molar-refractivity contribution is -0.101. The first-order chi connectivity index (χ1) is 8.13. The molecule has 0 bridgehead atoms. The SMILES string of the molecule is COCC(C)(N)c1noc(C2COCCO2)n1. The van der Waals surface area contributed by atoms with E-state index in [1.54, 1.807) is 14.0 Å². The third-order valence-corrected chi connectivity index (χ3v) is 2.49. The molecule has 2 N–H and O–H groups in total. The van der Waals surface area contributed by atoms with Gasteiger partial charge in [-0.1, -0.05) is 5.16 Å². The summed E-state index contributed by atoms with van der Waals surface area (Å²) in [6.07, 6.45) is -0.302. The Morgan fingerprint density at radius 2 is 2.35 bits per heavy atom. The van der Waals surface area contributed by atoms with Crippen molar-refractivity contribution in [3.63, 3.8) is 0 Å². The van der Waals surface area contributed by atoms with Gasteiger partial charge in [0.1, 0.15) is 5.54 Å². The molecule has 0 amide bonds. The van der Waals surface area contributed by atoms with Gasteiger partial charge in [-0.2, -0.15) is 4.98 Å². The van der Waals surface area contributed by atoms with Gasteiger partial charge in [-0.25, -0.2) is 0 Å². The Morgan fingerprint density at radius 3 is 3.00 bits per heavy atom. The highest BCUT2D eigenvalue weighted by Crippen LogP contribution is 2.22. The molecule has 2 unspecified atom stereocenters. The summed E-state index contributed by atoms with van der Waals surface area (Å²) in [7, 11) is 1.57. The fourth-order valence-corrected chi connectivity index (χ4v) is 1.59. The lowest BCUT2D eigenvalue weighted by Gasteiger charge is -2.20. The first-order valence-corrected chi connectivity index (χ1v) is 5.45. The van der Waals surface area contributed by atoms with Gasteiger partial charge >= 0.3 is 0 Å². The molecule has 0 aromatic carbocycles. The molecule has 1 aliphatic rings. The zero-order valence-corrected chi connectivity index (χ0v) is 10.0. The van der Waals surface area contributed by atoms with Gasteiger partial charge in [-0.05, 0) is 6.92 Å². The van der Waals surface area contributed by atoms with E-state index in [0.29, 0.717) is 38.1 Å². The molecule has 2 atom stereocenters. The summed E-state index contributed by atoms with van der Waals surface area (Å²) in [6.45, 7) is 3.64. The predicted octanol–water partition coefficient (Wildman–Crippen LogP) is -0.0222. The molecular formula is C10H17N3O4. The summed E-state index contributed by atoms with van der Waals surface area (Å²) in [4.78, 5) is 4.24. The molecule has 1 aromatic heterocycles. The highest BCUT2D eigenvalue weighted by atomic mass is 16.6. The van der Waals surface area contributed by atoms with Crippen LogP contribution >= 0.6 is 0 Å². The van der Waals surface area contributed by atoms with Crippen molar-refractivity contribution in [3.8, 4) is 0 Å². The lowest BCUT2D eigenvalue weighted by atomic mass is 10.1. The Labute approximate surface area is 99.2 Å². The van der Waals surface area contributed by atoms with Crippen LogP contribution < -0.4 is 5.73 Å². The van der Waals surface area contributed by atoms with Crippen LogP contribution in [-0.2, 0) is 19.7 Å². The molecule has 0 saturated carbocycles. The number of ether oxygens (including phenoxy) is 3. The smallest absolute Gasteiger partial charge is 0.258 e. The Hall–Kier alpha value is -1.02. The minimum absolute atomic E-state index is 0.302. The summed E-state index contributed by atoms with van der Waals surface area (Å²) < 4.78 is 20.9. The van der Waals surface area contributed by atoms with Crippen molar-refractivity contribution in [3.05, 3.63) is 11.7 Å². The average Bonchev–Trinajstić information content (AvgIpc) is 2.80. The Bertz CT molecular complexity index is 360. The topological polar surface area (TPSA) is 92.6 Å². The summed E-state index contributed by atoms with van der Waals surface area (Å²) >= 11 is 0. The molecule has 7 heteroatoms. The van der Waals surface area contributed by atoms with Crippen LogP contribution in [0.15, 0.2) is 4.52 Å². The maximum absolute atomic E-state index is 6.01. The largest absolute Gasteiger partial charge is 0.382 e. The zero-order chi connectivity index (χ0) is 12.3. The molecule has 1 aromatic rings. The van der Waals surface area contributed by atoms with Gasteiger partial charge in [-0.3, -0.25) is 0 Å². The second-order valence-electron chi connectivity index (χ2n) is 4.24. The molecule has 1 fully saturated rings. The molecule has 2 rings (SSSR count). The molecule has 7 nitrogen and oxygen atoms in total. The molecule has 1 saturated heterocycles. The van der Waals surface area contributed by atoms with E-state index < -0.39 is 5.54 Å². The maximum atomic E-state index is 6.01. The molecular weight excluding hydrogens is 226 g/mol. The maximum Gasteiger partial charge on any atom is 0.258 e. The van der Waals surface area contributed by atoms with Crippen molar-refractivity contribution in [2.24, 2.45) is 5.73 Å². The Morgan fingerprint density at radius 1 is 1.53 bits per heavy atom. The number of methoxy groups -OCH3 is 1. The molecule has 0 spiro atoms. The van der Waals surface area contributed by atoms with E-state index in [-0.39, 0.29) is 6.10 Å². The van der Waals surface area contributed by atoms with Gasteiger partial charge < -0.3 is 24.5 Å². The van der Waals surface area contributed by atoms with Crippen LogP contribution in [0.3, 0.4) is 0 Å². The highest BCUT2D eigenvalue weighted by Gasteiger charge is 2.30. The molecule has 96 valence electrons. The van der Waals surface area contributed by atoms with Crippen LogP contribution in [0.25, 0.3) is 0 Å². The highest BCUT2D eigenvalue weighted by molar-refractivity contribution is 5.03. The molecule has 2 heterocycles. The summed E-state index contributed by atoms with van der Waals surface area (Å²) in [5.41, 5.74) is 5.24. The molecule has 17 heavy (non-hydrogen) atoms. The molecule has 1 aliphatic heterocycles. The Balaban J connectivity index is 2.09. The van der Waals surface area contributed by atoms with Crippen molar-refractivity contribution in [1.29, 1.82) is 0 Å². The van der Waals surface area contributed by atoms with Crippen molar-refractivity contribution in [1.82, 2.24) is 10.1 Å². The average molecular weight is 243 g/mol. The summed E-state index contributed by atoms with van der Waals surface area (Å²) in [5.74, 6) is 0.802. The van der Waals surface area contributed by atoms with E-state index >= 15 is 0 Å². The molecule has 0 aliphatic carbocycles. The summed E-state index contributed by atoms with van der Waals surface area (Å²) in [5, 5.41) is 3.86. The number of aromatic nitrogens is 2. The van der Waals surface area contributed by atoms with Gasteiger partial charge in [0, 0.05) is 7.11 Å². The van der Waals surface area contributed by atoms with E-state index in [0.717, 1.165) is 0 Å². The van der Waals surface area contributed by atoms with Crippen molar-refractivity contribution in [2.45, 2.75) is 18.6 Å². The van der Waals surface area contributed by atoms with Crippen LogP contribution in [0.5, 0.6) is 0 Å². The minimum Gasteiger partial charge on any atom is -0.382 e. The van der Waals surface area contributed by atoms with Gasteiger partial charge in [-0.15, -0.1) is 0 Å². The van der Waals surface area contributed by atoms with Gasteiger partial charge in [0.15, 0.2) is 11.9 Å². The second kappa shape index (κ2) is 5.09. The Kier molecular flexibility index (Phi) is 3.72. The minimum atomic E-state index is -0.772. The van der Waals surface area contributed by atoms with Crippen LogP contribution in [0.2, 0.25) is 0 Å². The van der Waals surface area contributed by atoms with E-state index in [2.05, 4.69) is 10.1 Å². The zero-order valence-electron chi connectivity index (χ0n) is 10.0. The van der Waals surface area contributed by atoms with Crippen LogP contribution in [0.1, 0.15) is 24.7 Å². The van der Waals surface area contributed by atoms with E-state index in [9.17, 15) is 0 Å². The molecule has 0 radical (unpaired) electrons. The first-order valence-electron chi connectivity index (χ1n) is 5.45. The predicted molar refractivity (Wildman–Crippen MR) is 57.2 cm³/mol. The third-order valence-electron chi connectivity index (χ3n) is 2.49. The lowest BCUT2D eigenvalue weighted by Crippen LogP contribution is -2.39. The number of rotatable bonds is 4. The second-order valence-corrected chi connectivity index (χ2v) is 4.24. The number of nitrogens with two attached hydrogens (primary N) is 1. The number of hydrogen-bond acceptors (Lipinski definition) is 7. The van der Waals surface area contributed by atoms with Crippen LogP contribution in [0, 0.1) is 0 Å². The van der Waals surface area contributed by atoms with E-state index in [1.807, 2.05) is 0 Å².